The molecule has 0 saturated heterocycles. The lowest BCUT2D eigenvalue weighted by Crippen LogP contribution is -2.44. The maximum absolute atomic E-state index is 12.9. The Morgan fingerprint density at radius 3 is 1.01 bits per heavy atom. The number of ether oxygens (including phenoxy) is 4. The van der Waals surface area contributed by atoms with Gasteiger partial charge < -0.3 is 33.3 Å². The van der Waals surface area contributed by atoms with Gasteiger partial charge in [0.25, 0.3) is 0 Å². The fraction of sp³-hybridized carbons (Fsp3) is 0.542. The van der Waals surface area contributed by atoms with Gasteiger partial charge in [0.2, 0.25) is 0 Å². The first-order valence-corrected chi connectivity index (χ1v) is 30.9. The SMILES string of the molecule is CC/C=C\C/C=C\C/C=C\C/C=C\C/C=C\C/C=C\C/C=C\C/C=C\C/C=C\C/C=C\CCCCC(=O)OC(COC(=O)CCCCCCCCC/C=C\C/C=C\C/C=C\C/C=C\C/C=C\CC)COC(OCC[N+](C)(C)C)C(=O)[O-]. The number of carboxylic acids is 1. The Kier molecular flexibility index (Phi) is 56.3. The van der Waals surface area contributed by atoms with Gasteiger partial charge in [0.05, 0.1) is 40.3 Å². The Bertz CT molecular complexity index is 1980. The van der Waals surface area contributed by atoms with Crippen molar-refractivity contribution in [2.75, 3.05) is 47.5 Å². The van der Waals surface area contributed by atoms with Gasteiger partial charge in [-0.25, -0.2) is 0 Å². The molecule has 9 nitrogen and oxygen atoms in total. The summed E-state index contributed by atoms with van der Waals surface area (Å²) in [6.45, 7) is 4.42. The second-order valence-corrected chi connectivity index (χ2v) is 20.9. The number of esters is 2. The molecular formula is C72H111NO8. The van der Waals surface area contributed by atoms with Gasteiger partial charge in [0, 0.05) is 12.8 Å². The van der Waals surface area contributed by atoms with E-state index in [0.29, 0.717) is 23.9 Å². The van der Waals surface area contributed by atoms with Gasteiger partial charge in [-0.15, -0.1) is 0 Å². The van der Waals surface area contributed by atoms with E-state index in [1.54, 1.807) is 0 Å². The fourth-order valence-corrected chi connectivity index (χ4v) is 7.47. The third-order valence-corrected chi connectivity index (χ3v) is 12.1. The quantitative estimate of drug-likeness (QED) is 0.0195. The maximum Gasteiger partial charge on any atom is 0.306 e. The zero-order valence-electron chi connectivity index (χ0n) is 51.3. The van der Waals surface area contributed by atoms with Crippen molar-refractivity contribution in [3.8, 4) is 0 Å². The number of allylic oxidation sites excluding steroid dienone is 30. The smallest absolute Gasteiger partial charge is 0.306 e. The Hall–Kier alpha value is -5.61. The molecule has 0 aliphatic rings. The minimum Gasteiger partial charge on any atom is -0.545 e. The Balaban J connectivity index is 4.39. The number of quaternary nitrogens is 1. The predicted molar refractivity (Wildman–Crippen MR) is 342 cm³/mol. The van der Waals surface area contributed by atoms with Crippen molar-refractivity contribution >= 4 is 17.9 Å². The lowest BCUT2D eigenvalue weighted by Gasteiger charge is -2.26. The van der Waals surface area contributed by atoms with Crippen molar-refractivity contribution in [1.82, 2.24) is 0 Å². The van der Waals surface area contributed by atoms with E-state index in [9.17, 15) is 19.5 Å². The van der Waals surface area contributed by atoms with Crippen molar-refractivity contribution in [2.45, 2.75) is 206 Å². The Morgan fingerprint density at radius 2 is 0.667 bits per heavy atom. The number of carboxylic acid groups (broad SMARTS) is 1. The summed E-state index contributed by atoms with van der Waals surface area (Å²) in [5.41, 5.74) is 0. The predicted octanol–water partition coefficient (Wildman–Crippen LogP) is 17.6. The van der Waals surface area contributed by atoms with E-state index in [2.05, 4.69) is 196 Å². The third-order valence-electron chi connectivity index (χ3n) is 12.1. The number of carbonyl (C=O) groups is 3. The van der Waals surface area contributed by atoms with Crippen molar-refractivity contribution < 1.29 is 42.9 Å². The van der Waals surface area contributed by atoms with Crippen LogP contribution in [0.5, 0.6) is 0 Å². The first-order valence-electron chi connectivity index (χ1n) is 30.9. The van der Waals surface area contributed by atoms with Gasteiger partial charge >= 0.3 is 11.9 Å². The summed E-state index contributed by atoms with van der Waals surface area (Å²) in [6.07, 6.45) is 89.5. The second kappa shape index (κ2) is 60.5. The molecule has 0 aliphatic carbocycles. The molecule has 0 aromatic rings. The molecule has 9 heteroatoms. The number of aliphatic carboxylic acids is 1. The van der Waals surface area contributed by atoms with Gasteiger partial charge in [-0.05, 0) is 135 Å². The molecule has 81 heavy (non-hydrogen) atoms. The molecule has 0 fully saturated rings. The summed E-state index contributed by atoms with van der Waals surface area (Å²) < 4.78 is 22.6. The molecule has 0 rings (SSSR count). The van der Waals surface area contributed by atoms with Gasteiger partial charge in [-0.3, -0.25) is 9.59 Å². The lowest BCUT2D eigenvalue weighted by molar-refractivity contribution is -0.870. The van der Waals surface area contributed by atoms with Crippen LogP contribution in [-0.2, 0) is 33.3 Å². The van der Waals surface area contributed by atoms with Crippen LogP contribution >= 0.6 is 0 Å². The standard InChI is InChI=1S/C72H111NO8/c1-6-8-10-12-14-16-18-20-22-24-26-28-30-31-32-33-34-35-36-37-38-39-41-43-45-47-49-51-53-55-57-59-61-63-70(75)81-68(67-80-72(71(76)77)78-65-64-73(3,4)5)66-79-69(74)62-60-58-56-54-52-50-48-46-44-42-40-29-27-25-23-21-19-17-15-13-11-9-7-2/h8-11,14-17,20-23,26-29,31-32,34-35,37-38,41-44,47,49,53,55,68,72H,6-7,12-13,18-19,24-25,30,33,36,39-40,45-46,48,50-52,54,56-67H2,1-5H3/b10-8-,11-9-,16-14-,17-15-,22-20-,23-21-,28-26-,29-27-,32-31-,35-34-,38-37-,43-41-,44-42-,49-47-,55-53-. The van der Waals surface area contributed by atoms with Gasteiger partial charge in [-0.1, -0.05) is 228 Å². The van der Waals surface area contributed by atoms with E-state index in [4.69, 9.17) is 18.9 Å². The zero-order valence-corrected chi connectivity index (χ0v) is 51.3. The summed E-state index contributed by atoms with van der Waals surface area (Å²) in [4.78, 5) is 37.4. The molecule has 452 valence electrons. The Morgan fingerprint density at radius 1 is 0.370 bits per heavy atom. The van der Waals surface area contributed by atoms with Gasteiger partial charge in [0.15, 0.2) is 12.4 Å². The van der Waals surface area contributed by atoms with Crippen LogP contribution in [0.15, 0.2) is 182 Å². The summed E-state index contributed by atoms with van der Waals surface area (Å²) >= 11 is 0. The van der Waals surface area contributed by atoms with Crippen molar-refractivity contribution in [3.63, 3.8) is 0 Å². The molecule has 0 aromatic heterocycles. The molecular weight excluding hydrogens is 1010 g/mol. The minimum atomic E-state index is -1.65. The van der Waals surface area contributed by atoms with Crippen LogP contribution in [0.4, 0.5) is 0 Å². The number of hydrogen-bond donors (Lipinski definition) is 0. The normalized spacial score (nSPS) is 14.0. The molecule has 0 spiro atoms. The summed E-state index contributed by atoms with van der Waals surface area (Å²) in [6, 6.07) is 0. The number of nitrogens with zero attached hydrogens (tertiary/aromatic N) is 1. The zero-order chi connectivity index (χ0) is 59.1. The highest BCUT2D eigenvalue weighted by Crippen LogP contribution is 2.13. The molecule has 0 radical (unpaired) electrons. The van der Waals surface area contributed by atoms with E-state index in [0.717, 1.165) is 135 Å². The van der Waals surface area contributed by atoms with E-state index in [-0.39, 0.29) is 32.7 Å². The largest absolute Gasteiger partial charge is 0.545 e. The molecule has 0 bridgehead atoms. The topological polar surface area (TPSA) is 111 Å². The average molecular weight is 1120 g/mol. The van der Waals surface area contributed by atoms with Crippen LogP contribution in [0.1, 0.15) is 194 Å². The third kappa shape index (κ3) is 61.9. The van der Waals surface area contributed by atoms with E-state index < -0.39 is 30.3 Å². The van der Waals surface area contributed by atoms with Crippen molar-refractivity contribution in [2.24, 2.45) is 0 Å². The molecule has 0 aliphatic heterocycles. The first-order chi connectivity index (χ1) is 39.6. The summed E-state index contributed by atoms with van der Waals surface area (Å²) in [5, 5.41) is 11.8. The molecule has 0 aromatic carbocycles. The Labute approximate surface area is 494 Å². The van der Waals surface area contributed by atoms with Crippen LogP contribution in [0.2, 0.25) is 0 Å². The fourth-order valence-electron chi connectivity index (χ4n) is 7.47. The molecule has 0 N–H and O–H groups in total. The van der Waals surface area contributed by atoms with E-state index in [1.807, 2.05) is 21.1 Å². The average Bonchev–Trinajstić information content (AvgIpc) is 3.44. The molecule has 0 amide bonds. The van der Waals surface area contributed by atoms with Crippen LogP contribution in [0, 0.1) is 0 Å². The lowest BCUT2D eigenvalue weighted by atomic mass is 10.1. The number of carbonyl (C=O) groups excluding carboxylic acids is 3. The number of likely N-dealkylation sites (N-methyl/N-ethyl adjacent to an activating group) is 1. The number of hydrogen-bond acceptors (Lipinski definition) is 8. The highest BCUT2D eigenvalue weighted by atomic mass is 16.7. The van der Waals surface area contributed by atoms with Crippen molar-refractivity contribution in [1.29, 1.82) is 0 Å². The van der Waals surface area contributed by atoms with Crippen LogP contribution in [0.3, 0.4) is 0 Å². The van der Waals surface area contributed by atoms with Gasteiger partial charge in [-0.2, -0.15) is 0 Å². The van der Waals surface area contributed by atoms with E-state index in [1.165, 1.54) is 19.3 Å². The number of rotatable bonds is 54. The maximum atomic E-state index is 12.9. The molecule has 2 unspecified atom stereocenters. The molecule has 0 heterocycles. The summed E-state index contributed by atoms with van der Waals surface area (Å²) in [7, 11) is 5.89. The minimum absolute atomic E-state index is 0.126. The highest BCUT2D eigenvalue weighted by molar-refractivity contribution is 5.70. The van der Waals surface area contributed by atoms with Crippen LogP contribution in [-0.4, -0.2) is 82.3 Å². The first kappa shape index (κ1) is 75.4. The van der Waals surface area contributed by atoms with Crippen LogP contribution in [0.25, 0.3) is 0 Å². The molecule has 0 saturated carbocycles. The second-order valence-electron chi connectivity index (χ2n) is 20.9. The van der Waals surface area contributed by atoms with Gasteiger partial charge in [0.1, 0.15) is 13.2 Å². The number of unbranched alkanes of at least 4 members (excludes halogenated alkanes) is 9. The van der Waals surface area contributed by atoms with E-state index >= 15 is 0 Å². The van der Waals surface area contributed by atoms with Crippen molar-refractivity contribution in [3.05, 3.63) is 182 Å². The highest BCUT2D eigenvalue weighted by Gasteiger charge is 2.22. The molecule has 2 atom stereocenters. The van der Waals surface area contributed by atoms with Crippen LogP contribution < -0.4 is 5.11 Å². The summed E-state index contributed by atoms with van der Waals surface area (Å²) in [5.74, 6) is -2.39. The monoisotopic (exact) mass is 1120 g/mol.